The van der Waals surface area contributed by atoms with Crippen LogP contribution in [0.25, 0.3) is 0 Å². The van der Waals surface area contributed by atoms with Crippen molar-refractivity contribution in [3.8, 4) is 5.75 Å². The Morgan fingerprint density at radius 3 is 2.57 bits per heavy atom. The molecule has 6 heteroatoms. The third kappa shape index (κ3) is 4.88. The number of nitrogens with one attached hydrogen (secondary N) is 1. The van der Waals surface area contributed by atoms with Gasteiger partial charge in [-0.05, 0) is 54.8 Å². The number of rotatable bonds is 8. The van der Waals surface area contributed by atoms with Gasteiger partial charge in [0.2, 0.25) is 11.8 Å². The van der Waals surface area contributed by atoms with Crippen LogP contribution in [-0.4, -0.2) is 25.0 Å². The zero-order valence-electron chi connectivity index (χ0n) is 16.0. The lowest BCUT2D eigenvalue weighted by atomic mass is 10.1. The number of unbranched alkanes of at least 4 members (excludes halogenated alkanes) is 1. The lowest BCUT2D eigenvalue weighted by Crippen LogP contribution is -2.36. The third-order valence-corrected chi connectivity index (χ3v) is 4.82. The Labute approximate surface area is 164 Å². The van der Waals surface area contributed by atoms with Crippen molar-refractivity contribution in [3.05, 3.63) is 59.9 Å². The Morgan fingerprint density at radius 2 is 1.89 bits per heavy atom. The minimum Gasteiger partial charge on any atom is -0.494 e. The number of ether oxygens (including phenoxy) is 1. The fourth-order valence-electron chi connectivity index (χ4n) is 3.15. The highest BCUT2D eigenvalue weighted by molar-refractivity contribution is 6.09. The van der Waals surface area contributed by atoms with Crippen LogP contribution < -0.4 is 15.0 Å². The van der Waals surface area contributed by atoms with Crippen LogP contribution >= 0.6 is 0 Å². The Hall–Kier alpha value is -2.89. The van der Waals surface area contributed by atoms with Gasteiger partial charge in [-0.25, -0.2) is 4.39 Å². The van der Waals surface area contributed by atoms with E-state index in [4.69, 9.17) is 4.74 Å². The lowest BCUT2D eigenvalue weighted by molar-refractivity contribution is -0.132. The van der Waals surface area contributed by atoms with Crippen LogP contribution in [0.2, 0.25) is 0 Å². The standard InChI is InChI=1S/C22H25FN2O3/c1-2-3-14-28-19-10-4-16(5-11-19)15-24-21(26)20-12-13-25(22(20)27)18-8-6-17(23)7-9-18/h4-11,20H,2-3,12-15H2,1H3,(H,24,26)/t20-/m0/s1. The fraction of sp³-hybridized carbons (Fsp3) is 0.364. The van der Waals surface area contributed by atoms with E-state index in [0.717, 1.165) is 24.2 Å². The molecule has 2 aromatic carbocycles. The quantitative estimate of drug-likeness (QED) is 0.558. The van der Waals surface area contributed by atoms with Crippen LogP contribution in [0.1, 0.15) is 31.7 Å². The summed E-state index contributed by atoms with van der Waals surface area (Å²) >= 11 is 0. The van der Waals surface area contributed by atoms with Crippen LogP contribution in [0.3, 0.4) is 0 Å². The molecule has 0 bridgehead atoms. The largest absolute Gasteiger partial charge is 0.494 e. The van der Waals surface area contributed by atoms with E-state index >= 15 is 0 Å². The number of anilines is 1. The van der Waals surface area contributed by atoms with Gasteiger partial charge in [0.15, 0.2) is 0 Å². The van der Waals surface area contributed by atoms with Gasteiger partial charge in [-0.2, -0.15) is 0 Å². The summed E-state index contributed by atoms with van der Waals surface area (Å²) in [6.07, 6.45) is 2.55. The molecule has 1 heterocycles. The summed E-state index contributed by atoms with van der Waals surface area (Å²) in [4.78, 5) is 26.6. The number of carbonyl (C=O) groups is 2. The van der Waals surface area contributed by atoms with Crippen LogP contribution in [-0.2, 0) is 16.1 Å². The van der Waals surface area contributed by atoms with Crippen molar-refractivity contribution in [2.75, 3.05) is 18.1 Å². The molecule has 0 saturated carbocycles. The topological polar surface area (TPSA) is 58.6 Å². The van der Waals surface area contributed by atoms with Gasteiger partial charge in [-0.15, -0.1) is 0 Å². The molecule has 28 heavy (non-hydrogen) atoms. The first-order chi connectivity index (χ1) is 13.6. The summed E-state index contributed by atoms with van der Waals surface area (Å²) in [7, 11) is 0. The summed E-state index contributed by atoms with van der Waals surface area (Å²) in [5, 5.41) is 2.84. The van der Waals surface area contributed by atoms with Crippen molar-refractivity contribution in [3.63, 3.8) is 0 Å². The van der Waals surface area contributed by atoms with E-state index < -0.39 is 5.92 Å². The third-order valence-electron chi connectivity index (χ3n) is 4.82. The highest BCUT2D eigenvalue weighted by Gasteiger charge is 2.37. The second-order valence-corrected chi connectivity index (χ2v) is 6.87. The van der Waals surface area contributed by atoms with Gasteiger partial charge in [0.05, 0.1) is 6.61 Å². The van der Waals surface area contributed by atoms with Crippen LogP contribution in [0.5, 0.6) is 5.75 Å². The average Bonchev–Trinajstić information content (AvgIpc) is 3.09. The monoisotopic (exact) mass is 384 g/mol. The summed E-state index contributed by atoms with van der Waals surface area (Å²) in [6.45, 7) is 3.62. The van der Waals surface area contributed by atoms with Crippen molar-refractivity contribution >= 4 is 17.5 Å². The Morgan fingerprint density at radius 1 is 1.18 bits per heavy atom. The van der Waals surface area contributed by atoms with Crippen LogP contribution in [0.15, 0.2) is 48.5 Å². The van der Waals surface area contributed by atoms with E-state index in [1.165, 1.54) is 17.0 Å². The molecule has 2 amide bonds. The molecular weight excluding hydrogens is 359 g/mol. The van der Waals surface area contributed by atoms with Crippen molar-refractivity contribution in [2.45, 2.75) is 32.7 Å². The molecular formula is C22H25FN2O3. The van der Waals surface area contributed by atoms with Gasteiger partial charge in [-0.3, -0.25) is 9.59 Å². The van der Waals surface area contributed by atoms with Crippen molar-refractivity contribution < 1.29 is 18.7 Å². The zero-order chi connectivity index (χ0) is 19.9. The molecule has 1 atom stereocenters. The molecule has 1 N–H and O–H groups in total. The summed E-state index contributed by atoms with van der Waals surface area (Å²) in [5.41, 5.74) is 1.55. The molecule has 0 aliphatic carbocycles. The molecule has 5 nitrogen and oxygen atoms in total. The van der Waals surface area contributed by atoms with E-state index in [1.54, 1.807) is 12.1 Å². The maximum atomic E-state index is 13.1. The van der Waals surface area contributed by atoms with E-state index in [2.05, 4.69) is 12.2 Å². The summed E-state index contributed by atoms with van der Waals surface area (Å²) < 4.78 is 18.7. The average molecular weight is 384 g/mol. The number of hydrogen-bond donors (Lipinski definition) is 1. The predicted molar refractivity (Wildman–Crippen MR) is 106 cm³/mol. The number of carbonyl (C=O) groups excluding carboxylic acids is 2. The van der Waals surface area contributed by atoms with E-state index in [1.807, 2.05) is 24.3 Å². The SMILES string of the molecule is CCCCOc1ccc(CNC(=O)[C@@H]2CCN(c3ccc(F)cc3)C2=O)cc1. The van der Waals surface area contributed by atoms with Gasteiger partial charge in [-0.1, -0.05) is 25.5 Å². The number of amides is 2. The highest BCUT2D eigenvalue weighted by atomic mass is 19.1. The van der Waals surface area contributed by atoms with E-state index in [9.17, 15) is 14.0 Å². The first-order valence-electron chi connectivity index (χ1n) is 9.65. The van der Waals surface area contributed by atoms with Gasteiger partial charge >= 0.3 is 0 Å². The lowest BCUT2D eigenvalue weighted by Gasteiger charge is -2.16. The summed E-state index contributed by atoms with van der Waals surface area (Å²) in [6, 6.07) is 13.3. The number of nitrogens with zero attached hydrogens (tertiary/aromatic N) is 1. The van der Waals surface area contributed by atoms with Crippen molar-refractivity contribution in [1.82, 2.24) is 5.32 Å². The van der Waals surface area contributed by atoms with E-state index in [0.29, 0.717) is 31.8 Å². The second kappa shape index (κ2) is 9.35. The molecule has 0 aromatic heterocycles. The van der Waals surface area contributed by atoms with Crippen molar-refractivity contribution in [1.29, 1.82) is 0 Å². The molecule has 2 aromatic rings. The molecule has 1 saturated heterocycles. The first-order valence-corrected chi connectivity index (χ1v) is 9.65. The maximum absolute atomic E-state index is 13.1. The molecule has 148 valence electrons. The van der Waals surface area contributed by atoms with Crippen LogP contribution in [0, 0.1) is 11.7 Å². The minimum absolute atomic E-state index is 0.246. The Balaban J connectivity index is 1.51. The maximum Gasteiger partial charge on any atom is 0.239 e. The predicted octanol–water partition coefficient (Wildman–Crippen LogP) is 3.67. The first kappa shape index (κ1) is 19.9. The summed E-state index contributed by atoms with van der Waals surface area (Å²) in [5.74, 6) is -0.778. The number of benzene rings is 2. The minimum atomic E-state index is -0.707. The molecule has 1 aliphatic rings. The smallest absolute Gasteiger partial charge is 0.239 e. The molecule has 1 aliphatic heterocycles. The zero-order valence-corrected chi connectivity index (χ0v) is 16.0. The molecule has 0 radical (unpaired) electrons. The molecule has 1 fully saturated rings. The molecule has 0 unspecified atom stereocenters. The van der Waals surface area contributed by atoms with E-state index in [-0.39, 0.29) is 17.6 Å². The molecule has 3 rings (SSSR count). The Kier molecular flexibility index (Phi) is 6.63. The second-order valence-electron chi connectivity index (χ2n) is 6.87. The number of halogens is 1. The van der Waals surface area contributed by atoms with Crippen LogP contribution in [0.4, 0.5) is 10.1 Å². The number of hydrogen-bond acceptors (Lipinski definition) is 3. The van der Waals surface area contributed by atoms with Gasteiger partial charge in [0, 0.05) is 18.8 Å². The normalized spacial score (nSPS) is 16.3. The highest BCUT2D eigenvalue weighted by Crippen LogP contribution is 2.25. The van der Waals surface area contributed by atoms with Gasteiger partial charge in [0.25, 0.3) is 0 Å². The Bertz CT molecular complexity index is 806. The fourth-order valence-corrected chi connectivity index (χ4v) is 3.15. The van der Waals surface area contributed by atoms with Gasteiger partial charge in [0.1, 0.15) is 17.5 Å². The van der Waals surface area contributed by atoms with Crippen molar-refractivity contribution in [2.24, 2.45) is 5.92 Å². The molecule has 0 spiro atoms. The van der Waals surface area contributed by atoms with Gasteiger partial charge < -0.3 is 15.0 Å².